The average molecular weight is 226 g/mol. The smallest absolute Gasteiger partial charge is 0.231 e. The monoisotopic (exact) mass is 226 g/mol. The van der Waals surface area contributed by atoms with E-state index >= 15 is 0 Å². The van der Waals surface area contributed by atoms with E-state index in [4.69, 9.17) is 5.11 Å². The Morgan fingerprint density at radius 3 is 2.38 bits per heavy atom. The van der Waals surface area contributed by atoms with Gasteiger partial charge in [-0.25, -0.2) is 0 Å². The Hall–Kier alpha value is -1.63. The van der Waals surface area contributed by atoms with Gasteiger partial charge in [0.05, 0.1) is 6.61 Å². The Labute approximate surface area is 94.9 Å². The third kappa shape index (κ3) is 3.20. The van der Waals surface area contributed by atoms with Crippen LogP contribution >= 0.6 is 0 Å². The van der Waals surface area contributed by atoms with Crippen LogP contribution in [0.25, 0.3) is 0 Å². The Bertz CT molecular complexity index is 343. The number of hydrogen-bond acceptors (Lipinski definition) is 7. The highest BCUT2D eigenvalue weighted by atomic mass is 16.3. The predicted octanol–water partition coefficient (Wildman–Crippen LogP) is -0.228. The highest BCUT2D eigenvalue weighted by molar-refractivity contribution is 5.42. The van der Waals surface area contributed by atoms with Gasteiger partial charge in [-0.2, -0.15) is 15.0 Å². The molecule has 0 radical (unpaired) electrons. The zero-order chi connectivity index (χ0) is 12.1. The van der Waals surface area contributed by atoms with Gasteiger partial charge < -0.3 is 20.6 Å². The molecule has 0 fully saturated rings. The normalized spacial score (nSPS) is 12.1. The van der Waals surface area contributed by atoms with Crippen LogP contribution < -0.4 is 15.5 Å². The van der Waals surface area contributed by atoms with Crippen molar-refractivity contribution in [2.75, 3.05) is 43.3 Å². The predicted molar refractivity (Wildman–Crippen MR) is 63.9 cm³/mol. The van der Waals surface area contributed by atoms with Crippen LogP contribution in [0.1, 0.15) is 6.92 Å². The van der Waals surface area contributed by atoms with Crippen LogP contribution in [-0.4, -0.2) is 53.9 Å². The summed E-state index contributed by atoms with van der Waals surface area (Å²) in [4.78, 5) is 14.3. The minimum atomic E-state index is -0.0953. The van der Waals surface area contributed by atoms with Crippen molar-refractivity contribution in [3.8, 4) is 0 Å². The fraction of sp³-hybridized carbons (Fsp3) is 0.667. The topological polar surface area (TPSA) is 86.2 Å². The summed E-state index contributed by atoms with van der Waals surface area (Å²) in [5, 5.41) is 14.8. The van der Waals surface area contributed by atoms with E-state index in [-0.39, 0.29) is 12.6 Å². The lowest BCUT2D eigenvalue weighted by molar-refractivity contribution is 0.281. The summed E-state index contributed by atoms with van der Waals surface area (Å²) in [5.41, 5.74) is 0. The van der Waals surface area contributed by atoms with Gasteiger partial charge in [0.15, 0.2) is 0 Å². The molecule has 7 heteroatoms. The summed E-state index contributed by atoms with van der Waals surface area (Å²) in [6.45, 7) is 1.87. The van der Waals surface area contributed by atoms with Gasteiger partial charge in [-0.3, -0.25) is 0 Å². The Balaban J connectivity index is 2.95. The number of aromatic nitrogens is 3. The molecular weight excluding hydrogens is 208 g/mol. The highest BCUT2D eigenvalue weighted by Gasteiger charge is 2.08. The number of aliphatic hydroxyl groups is 1. The first-order chi connectivity index (χ1) is 7.56. The molecule has 1 atom stereocenters. The molecule has 0 aromatic carbocycles. The SMILES string of the molecule is CNc1nc(NC(C)CO)nc(N(C)C)n1. The third-order valence-electron chi connectivity index (χ3n) is 1.90. The van der Waals surface area contributed by atoms with Crippen molar-refractivity contribution in [2.24, 2.45) is 0 Å². The van der Waals surface area contributed by atoms with E-state index in [0.717, 1.165) is 0 Å². The maximum Gasteiger partial charge on any atom is 0.231 e. The van der Waals surface area contributed by atoms with E-state index in [1.54, 1.807) is 11.9 Å². The average Bonchev–Trinajstić information content (AvgIpc) is 2.28. The molecule has 16 heavy (non-hydrogen) atoms. The molecular formula is C9H18N6O. The highest BCUT2D eigenvalue weighted by Crippen LogP contribution is 2.11. The van der Waals surface area contributed by atoms with Gasteiger partial charge in [0.1, 0.15) is 0 Å². The molecule has 0 amide bonds. The number of rotatable bonds is 5. The summed E-state index contributed by atoms with van der Waals surface area (Å²) in [6.07, 6.45) is 0. The largest absolute Gasteiger partial charge is 0.394 e. The van der Waals surface area contributed by atoms with Gasteiger partial charge in [-0.1, -0.05) is 0 Å². The minimum absolute atomic E-state index is 0.0257. The van der Waals surface area contributed by atoms with Gasteiger partial charge in [-0.15, -0.1) is 0 Å². The van der Waals surface area contributed by atoms with Crippen molar-refractivity contribution in [3.05, 3.63) is 0 Å². The van der Waals surface area contributed by atoms with E-state index in [9.17, 15) is 0 Å². The number of nitrogens with one attached hydrogen (secondary N) is 2. The third-order valence-corrected chi connectivity index (χ3v) is 1.90. The molecule has 1 aromatic heterocycles. The Morgan fingerprint density at radius 1 is 1.25 bits per heavy atom. The van der Waals surface area contributed by atoms with Crippen molar-refractivity contribution < 1.29 is 5.11 Å². The van der Waals surface area contributed by atoms with Crippen LogP contribution in [0.4, 0.5) is 17.8 Å². The van der Waals surface area contributed by atoms with Gasteiger partial charge in [0.2, 0.25) is 17.8 Å². The van der Waals surface area contributed by atoms with E-state index in [1.165, 1.54) is 0 Å². The van der Waals surface area contributed by atoms with E-state index < -0.39 is 0 Å². The molecule has 90 valence electrons. The number of anilines is 3. The second kappa shape index (κ2) is 5.45. The molecule has 0 aliphatic heterocycles. The van der Waals surface area contributed by atoms with Crippen LogP contribution in [0.3, 0.4) is 0 Å². The van der Waals surface area contributed by atoms with Crippen molar-refractivity contribution in [2.45, 2.75) is 13.0 Å². The maximum atomic E-state index is 8.94. The quantitative estimate of drug-likeness (QED) is 0.639. The molecule has 0 aliphatic rings. The van der Waals surface area contributed by atoms with E-state index in [1.807, 2.05) is 21.0 Å². The summed E-state index contributed by atoms with van der Waals surface area (Å²) in [6, 6.07) is -0.0953. The van der Waals surface area contributed by atoms with E-state index in [2.05, 4.69) is 25.6 Å². The molecule has 0 bridgehead atoms. The molecule has 1 unspecified atom stereocenters. The van der Waals surface area contributed by atoms with Gasteiger partial charge in [0, 0.05) is 27.2 Å². The van der Waals surface area contributed by atoms with Gasteiger partial charge >= 0.3 is 0 Å². The van der Waals surface area contributed by atoms with Crippen molar-refractivity contribution >= 4 is 17.8 Å². The number of nitrogens with zero attached hydrogens (tertiary/aromatic N) is 4. The first kappa shape index (κ1) is 12.4. The van der Waals surface area contributed by atoms with Crippen LogP contribution in [0.15, 0.2) is 0 Å². The van der Waals surface area contributed by atoms with Gasteiger partial charge in [-0.05, 0) is 6.92 Å². The first-order valence-electron chi connectivity index (χ1n) is 5.05. The van der Waals surface area contributed by atoms with E-state index in [0.29, 0.717) is 17.8 Å². The lowest BCUT2D eigenvalue weighted by atomic mass is 10.4. The maximum absolute atomic E-state index is 8.94. The molecule has 1 heterocycles. The number of hydrogen-bond donors (Lipinski definition) is 3. The van der Waals surface area contributed by atoms with Crippen LogP contribution in [0, 0.1) is 0 Å². The fourth-order valence-electron chi connectivity index (χ4n) is 1.01. The van der Waals surface area contributed by atoms with Gasteiger partial charge in [0.25, 0.3) is 0 Å². The summed E-state index contributed by atoms with van der Waals surface area (Å²) >= 11 is 0. The van der Waals surface area contributed by atoms with Crippen molar-refractivity contribution in [3.63, 3.8) is 0 Å². The number of aliphatic hydroxyl groups excluding tert-OH is 1. The fourth-order valence-corrected chi connectivity index (χ4v) is 1.01. The van der Waals surface area contributed by atoms with Crippen LogP contribution in [-0.2, 0) is 0 Å². The Kier molecular flexibility index (Phi) is 4.24. The summed E-state index contributed by atoms with van der Waals surface area (Å²) in [5.74, 6) is 1.50. The van der Waals surface area contributed by atoms with Crippen molar-refractivity contribution in [1.29, 1.82) is 0 Å². The zero-order valence-corrected chi connectivity index (χ0v) is 10.0. The second-order valence-corrected chi connectivity index (χ2v) is 3.66. The lowest BCUT2D eigenvalue weighted by Gasteiger charge is -2.15. The molecule has 1 aromatic rings. The molecule has 0 spiro atoms. The van der Waals surface area contributed by atoms with Crippen molar-refractivity contribution in [1.82, 2.24) is 15.0 Å². The molecule has 0 saturated heterocycles. The zero-order valence-electron chi connectivity index (χ0n) is 10.0. The molecule has 7 nitrogen and oxygen atoms in total. The molecule has 0 aliphatic carbocycles. The lowest BCUT2D eigenvalue weighted by Crippen LogP contribution is -2.23. The second-order valence-electron chi connectivity index (χ2n) is 3.66. The summed E-state index contributed by atoms with van der Waals surface area (Å²) in [7, 11) is 5.45. The minimum Gasteiger partial charge on any atom is -0.394 e. The van der Waals surface area contributed by atoms with Crippen LogP contribution in [0.2, 0.25) is 0 Å². The molecule has 3 N–H and O–H groups in total. The first-order valence-corrected chi connectivity index (χ1v) is 5.05. The summed E-state index contributed by atoms with van der Waals surface area (Å²) < 4.78 is 0. The Morgan fingerprint density at radius 2 is 1.88 bits per heavy atom. The van der Waals surface area contributed by atoms with Crippen LogP contribution in [0.5, 0.6) is 0 Å². The standard InChI is InChI=1S/C9H18N6O/c1-6(5-16)11-8-12-7(10-2)13-9(14-8)15(3)4/h6,16H,5H2,1-4H3,(H2,10,11,12,13,14). The molecule has 1 rings (SSSR count). The molecule has 0 saturated carbocycles.